The van der Waals surface area contributed by atoms with Crippen molar-refractivity contribution in [1.29, 1.82) is 0 Å². The maximum atomic E-state index is 5.39. The van der Waals surface area contributed by atoms with Crippen molar-refractivity contribution >= 4 is 28.7 Å². The topological polar surface area (TPSA) is 55.5 Å². The van der Waals surface area contributed by atoms with Crippen LogP contribution in [0, 0.1) is 6.92 Å². The monoisotopic (exact) mass is 339 g/mol. The second-order valence-electron chi connectivity index (χ2n) is 5.20. The molecule has 8 heteroatoms. The van der Waals surface area contributed by atoms with Crippen molar-refractivity contribution in [2.45, 2.75) is 23.9 Å². The summed E-state index contributed by atoms with van der Waals surface area (Å²) < 4.78 is 7.49. The number of morpholine rings is 1. The predicted octanol–water partition coefficient (Wildman–Crippen LogP) is 1.67. The molecule has 0 spiro atoms. The molecule has 0 amide bonds. The molecule has 120 valence electrons. The van der Waals surface area contributed by atoms with Crippen LogP contribution in [0.2, 0.25) is 0 Å². The highest BCUT2D eigenvalue weighted by molar-refractivity contribution is 8.15. The summed E-state index contributed by atoms with van der Waals surface area (Å²) in [5, 5.41) is 11.1. The smallest absolute Gasteiger partial charge is 0.191 e. The average molecular weight is 339 g/mol. The number of ether oxygens (including phenoxy) is 1. The van der Waals surface area contributed by atoms with E-state index in [9.17, 15) is 0 Å². The summed E-state index contributed by atoms with van der Waals surface area (Å²) in [7, 11) is 0. The second kappa shape index (κ2) is 7.52. The van der Waals surface area contributed by atoms with Gasteiger partial charge in [0.2, 0.25) is 0 Å². The molecule has 3 heterocycles. The van der Waals surface area contributed by atoms with Crippen molar-refractivity contribution in [3.8, 4) is 0 Å². The summed E-state index contributed by atoms with van der Waals surface area (Å²) in [5.74, 6) is 1.93. The summed E-state index contributed by atoms with van der Waals surface area (Å²) in [6, 6.07) is 0. The molecule has 0 bridgehead atoms. The fourth-order valence-corrected chi connectivity index (χ4v) is 4.70. The summed E-state index contributed by atoms with van der Waals surface area (Å²) in [6.45, 7) is 10.9. The van der Waals surface area contributed by atoms with Gasteiger partial charge in [0.05, 0.1) is 19.8 Å². The minimum atomic E-state index is 0.511. The number of allylic oxidation sites excluding steroid dienone is 1. The molecule has 1 atom stereocenters. The molecular formula is C14H21N5OS2. The van der Waals surface area contributed by atoms with E-state index in [4.69, 9.17) is 9.73 Å². The zero-order valence-corrected chi connectivity index (χ0v) is 14.4. The third-order valence-corrected chi connectivity index (χ3v) is 6.18. The number of aryl methyl sites for hydroxylation is 1. The molecule has 1 saturated heterocycles. The van der Waals surface area contributed by atoms with E-state index in [0.717, 1.165) is 56.1 Å². The fourth-order valence-electron chi connectivity index (χ4n) is 2.39. The lowest BCUT2D eigenvalue weighted by Gasteiger charge is -2.28. The Morgan fingerprint density at radius 3 is 3.00 bits per heavy atom. The summed E-state index contributed by atoms with van der Waals surface area (Å²) in [6.07, 6.45) is 1.88. The Morgan fingerprint density at radius 2 is 2.23 bits per heavy atom. The Kier molecular flexibility index (Phi) is 5.43. The van der Waals surface area contributed by atoms with Crippen molar-refractivity contribution in [3.63, 3.8) is 0 Å². The largest absolute Gasteiger partial charge is 0.378 e. The lowest BCUT2D eigenvalue weighted by molar-refractivity contribution is 0.0693. The molecular weight excluding hydrogens is 318 g/mol. The molecule has 2 aliphatic rings. The van der Waals surface area contributed by atoms with Crippen LogP contribution in [-0.2, 0) is 11.3 Å². The molecule has 1 aromatic rings. The van der Waals surface area contributed by atoms with Crippen LogP contribution < -0.4 is 0 Å². The predicted molar refractivity (Wildman–Crippen MR) is 91.8 cm³/mol. The van der Waals surface area contributed by atoms with E-state index in [1.54, 1.807) is 11.8 Å². The second-order valence-corrected chi connectivity index (χ2v) is 7.46. The van der Waals surface area contributed by atoms with Crippen molar-refractivity contribution in [2.75, 3.05) is 38.6 Å². The van der Waals surface area contributed by atoms with Gasteiger partial charge in [-0.2, -0.15) is 0 Å². The van der Waals surface area contributed by atoms with Gasteiger partial charge in [-0.3, -0.25) is 4.99 Å². The molecule has 0 aliphatic carbocycles. The zero-order valence-electron chi connectivity index (χ0n) is 12.8. The first-order chi connectivity index (χ1) is 10.8. The Hall–Kier alpha value is -0.990. The van der Waals surface area contributed by atoms with Crippen LogP contribution >= 0.6 is 23.5 Å². The average Bonchev–Trinajstić information content (AvgIpc) is 3.15. The zero-order chi connectivity index (χ0) is 15.4. The quantitative estimate of drug-likeness (QED) is 0.601. The fraction of sp³-hybridized carbons (Fsp3) is 0.643. The number of nitrogens with zero attached hydrogens (tertiary/aromatic N) is 5. The summed E-state index contributed by atoms with van der Waals surface area (Å²) in [5.41, 5.74) is 0. The minimum Gasteiger partial charge on any atom is -0.378 e. The molecule has 22 heavy (non-hydrogen) atoms. The van der Waals surface area contributed by atoms with Gasteiger partial charge in [-0.15, -0.1) is 16.8 Å². The molecule has 1 unspecified atom stereocenters. The summed E-state index contributed by atoms with van der Waals surface area (Å²) in [4.78, 5) is 7.03. The highest BCUT2D eigenvalue weighted by atomic mass is 32.2. The van der Waals surface area contributed by atoms with Gasteiger partial charge >= 0.3 is 0 Å². The molecule has 0 N–H and O–H groups in total. The molecule has 0 aromatic carbocycles. The first-order valence-corrected chi connectivity index (χ1v) is 9.31. The van der Waals surface area contributed by atoms with Crippen LogP contribution in [0.1, 0.15) is 5.82 Å². The Bertz CT molecular complexity index is 553. The van der Waals surface area contributed by atoms with Gasteiger partial charge in [-0.25, -0.2) is 0 Å². The van der Waals surface area contributed by atoms with Gasteiger partial charge in [0.25, 0.3) is 0 Å². The van der Waals surface area contributed by atoms with E-state index in [1.165, 1.54) is 5.17 Å². The Labute approximate surface area is 139 Å². The molecule has 0 radical (unpaired) electrons. The molecule has 6 nitrogen and oxygen atoms in total. The SMILES string of the molecule is C=CCn1c(C)nnc1SCC1CN=C(N2CCOCC2)S1. The van der Waals surface area contributed by atoms with Gasteiger partial charge < -0.3 is 14.2 Å². The van der Waals surface area contributed by atoms with Crippen molar-refractivity contribution < 1.29 is 4.74 Å². The standard InChI is InChI=1S/C14H21N5OS2/c1-3-4-19-11(2)16-17-14(19)21-10-12-9-15-13(22-12)18-5-7-20-8-6-18/h3,12H,1,4-10H2,2H3. The first-order valence-electron chi connectivity index (χ1n) is 7.45. The third kappa shape index (κ3) is 3.67. The van der Waals surface area contributed by atoms with Gasteiger partial charge in [0.15, 0.2) is 10.3 Å². The maximum absolute atomic E-state index is 5.39. The number of rotatable bonds is 5. The van der Waals surface area contributed by atoms with Crippen LogP contribution in [-0.4, -0.2) is 68.7 Å². The van der Waals surface area contributed by atoms with Crippen LogP contribution in [0.5, 0.6) is 0 Å². The van der Waals surface area contributed by atoms with E-state index >= 15 is 0 Å². The van der Waals surface area contributed by atoms with Crippen LogP contribution in [0.15, 0.2) is 22.8 Å². The van der Waals surface area contributed by atoms with Crippen molar-refractivity contribution in [2.24, 2.45) is 4.99 Å². The maximum Gasteiger partial charge on any atom is 0.191 e. The first kappa shape index (κ1) is 15.9. The van der Waals surface area contributed by atoms with Crippen molar-refractivity contribution in [3.05, 3.63) is 18.5 Å². The number of aromatic nitrogens is 3. The molecule has 2 aliphatic heterocycles. The Balaban J connectivity index is 1.50. The van der Waals surface area contributed by atoms with E-state index in [-0.39, 0.29) is 0 Å². The van der Waals surface area contributed by atoms with Crippen LogP contribution in [0.3, 0.4) is 0 Å². The lowest BCUT2D eigenvalue weighted by Crippen LogP contribution is -2.39. The number of thioether (sulfide) groups is 2. The van der Waals surface area contributed by atoms with E-state index < -0.39 is 0 Å². The summed E-state index contributed by atoms with van der Waals surface area (Å²) >= 11 is 3.64. The highest BCUT2D eigenvalue weighted by Crippen LogP contribution is 2.29. The third-order valence-electron chi connectivity index (χ3n) is 3.60. The van der Waals surface area contributed by atoms with E-state index in [0.29, 0.717) is 5.25 Å². The molecule has 3 rings (SSSR count). The van der Waals surface area contributed by atoms with Crippen LogP contribution in [0.4, 0.5) is 0 Å². The lowest BCUT2D eigenvalue weighted by atomic mass is 10.4. The van der Waals surface area contributed by atoms with Gasteiger partial charge in [0.1, 0.15) is 5.82 Å². The number of amidine groups is 1. The van der Waals surface area contributed by atoms with Gasteiger partial charge in [0, 0.05) is 30.6 Å². The minimum absolute atomic E-state index is 0.511. The molecule has 1 aromatic heterocycles. The number of hydrogen-bond acceptors (Lipinski definition) is 7. The normalized spacial score (nSPS) is 22.0. The number of hydrogen-bond donors (Lipinski definition) is 0. The molecule has 1 fully saturated rings. The van der Waals surface area contributed by atoms with E-state index in [2.05, 4.69) is 26.2 Å². The number of aliphatic imine (C=N–C) groups is 1. The Morgan fingerprint density at radius 1 is 1.41 bits per heavy atom. The van der Waals surface area contributed by atoms with Crippen molar-refractivity contribution in [1.82, 2.24) is 19.7 Å². The van der Waals surface area contributed by atoms with E-state index in [1.807, 2.05) is 24.8 Å². The van der Waals surface area contributed by atoms with Gasteiger partial charge in [-0.1, -0.05) is 29.6 Å². The van der Waals surface area contributed by atoms with Crippen LogP contribution in [0.25, 0.3) is 0 Å². The molecule has 0 saturated carbocycles. The highest BCUT2D eigenvalue weighted by Gasteiger charge is 2.25. The van der Waals surface area contributed by atoms with Gasteiger partial charge in [-0.05, 0) is 6.92 Å².